The van der Waals surface area contributed by atoms with E-state index in [0.29, 0.717) is 24.6 Å². The van der Waals surface area contributed by atoms with Crippen molar-refractivity contribution in [2.45, 2.75) is 26.9 Å². The summed E-state index contributed by atoms with van der Waals surface area (Å²) >= 11 is 0. The number of hydrogen-bond acceptors (Lipinski definition) is 3. The Morgan fingerprint density at radius 1 is 1.20 bits per heavy atom. The first kappa shape index (κ1) is 17.0. The van der Waals surface area contributed by atoms with E-state index in [1.165, 1.54) is 0 Å². The van der Waals surface area contributed by atoms with Gasteiger partial charge in [0.1, 0.15) is 0 Å². The summed E-state index contributed by atoms with van der Waals surface area (Å²) in [4.78, 5) is 12.5. The average molecular weight is 337 g/mol. The molecule has 0 bridgehead atoms. The highest BCUT2D eigenvalue weighted by molar-refractivity contribution is 5.95. The van der Waals surface area contributed by atoms with E-state index in [-0.39, 0.29) is 5.91 Å². The van der Waals surface area contributed by atoms with E-state index in [1.54, 1.807) is 12.4 Å². The molecule has 1 N–H and O–H groups in total. The van der Waals surface area contributed by atoms with Crippen LogP contribution in [0.2, 0.25) is 0 Å². The van der Waals surface area contributed by atoms with Gasteiger partial charge in [-0.1, -0.05) is 37.3 Å². The summed E-state index contributed by atoms with van der Waals surface area (Å²) in [5, 5.41) is 11.5. The normalized spacial score (nSPS) is 12.1. The van der Waals surface area contributed by atoms with Crippen molar-refractivity contribution in [3.05, 3.63) is 71.8 Å². The van der Waals surface area contributed by atoms with Gasteiger partial charge in [-0.2, -0.15) is 10.2 Å². The average Bonchev–Trinajstić information content (AvgIpc) is 3.24. The van der Waals surface area contributed by atoms with Crippen LogP contribution in [0.25, 0.3) is 0 Å². The molecule has 6 heteroatoms. The number of benzene rings is 1. The molecule has 3 rings (SSSR count). The fourth-order valence-electron chi connectivity index (χ4n) is 2.74. The Hall–Kier alpha value is -2.89. The number of aromatic nitrogens is 4. The first-order chi connectivity index (χ1) is 12.1. The molecule has 2 heterocycles. The summed E-state index contributed by atoms with van der Waals surface area (Å²) in [6.07, 6.45) is 5.33. The topological polar surface area (TPSA) is 64.7 Å². The van der Waals surface area contributed by atoms with Gasteiger partial charge < -0.3 is 5.32 Å². The van der Waals surface area contributed by atoms with Crippen LogP contribution in [0.15, 0.2) is 55.0 Å². The van der Waals surface area contributed by atoms with Gasteiger partial charge in [-0.3, -0.25) is 14.2 Å². The molecule has 0 aliphatic heterocycles. The van der Waals surface area contributed by atoms with Crippen LogP contribution < -0.4 is 5.32 Å². The Balaban J connectivity index is 1.57. The Morgan fingerprint density at radius 2 is 2.00 bits per heavy atom. The minimum absolute atomic E-state index is 0.0795. The van der Waals surface area contributed by atoms with Crippen molar-refractivity contribution >= 4 is 5.91 Å². The van der Waals surface area contributed by atoms with Gasteiger partial charge in [0.25, 0.3) is 5.91 Å². The van der Waals surface area contributed by atoms with E-state index in [9.17, 15) is 4.79 Å². The largest absolute Gasteiger partial charge is 0.352 e. The van der Waals surface area contributed by atoms with Crippen LogP contribution in [0.4, 0.5) is 0 Å². The van der Waals surface area contributed by atoms with Gasteiger partial charge in [0.05, 0.1) is 18.3 Å². The minimum Gasteiger partial charge on any atom is -0.352 e. The van der Waals surface area contributed by atoms with Crippen molar-refractivity contribution in [3.63, 3.8) is 0 Å². The molecule has 2 aromatic heterocycles. The van der Waals surface area contributed by atoms with Crippen molar-refractivity contribution in [2.75, 3.05) is 6.54 Å². The molecule has 1 aromatic carbocycles. The lowest BCUT2D eigenvalue weighted by molar-refractivity contribution is 0.0946. The second-order valence-electron chi connectivity index (χ2n) is 6.33. The number of hydrogen-bond donors (Lipinski definition) is 1. The van der Waals surface area contributed by atoms with Crippen LogP contribution in [0.5, 0.6) is 0 Å². The number of carbonyl (C=O) groups excluding carboxylic acids is 1. The zero-order valence-corrected chi connectivity index (χ0v) is 14.6. The second kappa shape index (κ2) is 7.79. The predicted octanol–water partition coefficient (Wildman–Crippen LogP) is 2.50. The summed E-state index contributed by atoms with van der Waals surface area (Å²) in [5.74, 6) is 0.215. The Kier molecular flexibility index (Phi) is 5.28. The summed E-state index contributed by atoms with van der Waals surface area (Å²) < 4.78 is 3.73. The van der Waals surface area contributed by atoms with E-state index < -0.39 is 0 Å². The van der Waals surface area contributed by atoms with Gasteiger partial charge >= 0.3 is 0 Å². The van der Waals surface area contributed by atoms with Crippen molar-refractivity contribution in [1.82, 2.24) is 24.9 Å². The van der Waals surface area contributed by atoms with Gasteiger partial charge in [0.15, 0.2) is 0 Å². The molecule has 0 saturated heterocycles. The van der Waals surface area contributed by atoms with Crippen LogP contribution >= 0.6 is 0 Å². The molecule has 0 unspecified atom stereocenters. The number of nitrogens with zero attached hydrogens (tertiary/aromatic N) is 4. The standard InChI is InChI=1S/C19H23N5O/c1-15(13-23-10-6-9-21-23)11-20-19(25)18-12-22-24(16(18)2)14-17-7-4-3-5-8-17/h3-10,12,15H,11,13-14H2,1-2H3,(H,20,25)/t15-/m1/s1. The third kappa shape index (κ3) is 4.35. The van der Waals surface area contributed by atoms with Crippen LogP contribution in [0, 0.1) is 12.8 Å². The minimum atomic E-state index is -0.0795. The molecule has 0 radical (unpaired) electrons. The fraction of sp³-hybridized carbons (Fsp3) is 0.316. The number of rotatable bonds is 7. The molecule has 6 nitrogen and oxygen atoms in total. The van der Waals surface area contributed by atoms with Crippen molar-refractivity contribution < 1.29 is 4.79 Å². The number of carbonyl (C=O) groups is 1. The lowest BCUT2D eigenvalue weighted by atomic mass is 10.1. The molecule has 1 atom stereocenters. The monoisotopic (exact) mass is 337 g/mol. The van der Waals surface area contributed by atoms with E-state index in [4.69, 9.17) is 0 Å². The van der Waals surface area contributed by atoms with Crippen LogP contribution in [-0.2, 0) is 13.1 Å². The molecule has 25 heavy (non-hydrogen) atoms. The zero-order valence-electron chi connectivity index (χ0n) is 14.6. The Morgan fingerprint density at radius 3 is 2.72 bits per heavy atom. The molecule has 0 spiro atoms. The van der Waals surface area contributed by atoms with Gasteiger partial charge in [0.2, 0.25) is 0 Å². The highest BCUT2D eigenvalue weighted by atomic mass is 16.1. The van der Waals surface area contributed by atoms with E-state index in [0.717, 1.165) is 17.8 Å². The molecular weight excluding hydrogens is 314 g/mol. The lowest BCUT2D eigenvalue weighted by Crippen LogP contribution is -2.30. The van der Waals surface area contributed by atoms with Crippen LogP contribution in [0.3, 0.4) is 0 Å². The highest BCUT2D eigenvalue weighted by Crippen LogP contribution is 2.10. The molecular formula is C19H23N5O. The molecule has 1 amide bonds. The van der Waals surface area contributed by atoms with Crippen molar-refractivity contribution in [3.8, 4) is 0 Å². The SMILES string of the molecule is Cc1c(C(=O)NC[C@@H](C)Cn2cccn2)cnn1Cc1ccccc1. The maximum Gasteiger partial charge on any atom is 0.254 e. The van der Waals surface area contributed by atoms with Crippen molar-refractivity contribution in [1.29, 1.82) is 0 Å². The summed E-state index contributed by atoms with van der Waals surface area (Å²) in [5.41, 5.74) is 2.66. The fourth-order valence-corrected chi connectivity index (χ4v) is 2.74. The van der Waals surface area contributed by atoms with Gasteiger partial charge in [0, 0.05) is 31.2 Å². The first-order valence-electron chi connectivity index (χ1n) is 8.45. The van der Waals surface area contributed by atoms with Gasteiger partial charge in [-0.25, -0.2) is 0 Å². The maximum atomic E-state index is 12.5. The maximum absolute atomic E-state index is 12.5. The summed E-state index contributed by atoms with van der Waals surface area (Å²) in [6.45, 7) is 6.06. The number of amides is 1. The number of nitrogens with one attached hydrogen (secondary N) is 1. The molecule has 3 aromatic rings. The zero-order chi connectivity index (χ0) is 17.6. The second-order valence-corrected chi connectivity index (χ2v) is 6.33. The molecule has 0 saturated carbocycles. The lowest BCUT2D eigenvalue weighted by Gasteiger charge is -2.12. The Labute approximate surface area is 147 Å². The molecule has 0 aliphatic rings. The third-order valence-electron chi connectivity index (χ3n) is 4.19. The van der Waals surface area contributed by atoms with Crippen LogP contribution in [0.1, 0.15) is 28.5 Å². The third-order valence-corrected chi connectivity index (χ3v) is 4.19. The highest BCUT2D eigenvalue weighted by Gasteiger charge is 2.15. The molecule has 130 valence electrons. The van der Waals surface area contributed by atoms with Gasteiger partial charge in [-0.15, -0.1) is 0 Å². The van der Waals surface area contributed by atoms with Crippen molar-refractivity contribution in [2.24, 2.45) is 5.92 Å². The quantitative estimate of drug-likeness (QED) is 0.720. The van der Waals surface area contributed by atoms with E-state index in [1.807, 2.05) is 46.7 Å². The smallest absolute Gasteiger partial charge is 0.254 e. The predicted molar refractivity (Wildman–Crippen MR) is 96.2 cm³/mol. The van der Waals surface area contributed by atoms with Crippen LogP contribution in [-0.4, -0.2) is 32.0 Å². The van der Waals surface area contributed by atoms with Gasteiger partial charge in [-0.05, 0) is 24.5 Å². The van der Waals surface area contributed by atoms with E-state index >= 15 is 0 Å². The molecule has 0 aliphatic carbocycles. The summed E-state index contributed by atoms with van der Waals surface area (Å²) in [7, 11) is 0. The first-order valence-corrected chi connectivity index (χ1v) is 8.45. The summed E-state index contributed by atoms with van der Waals surface area (Å²) in [6, 6.07) is 12.0. The molecule has 0 fully saturated rings. The Bertz CT molecular complexity index is 808. The van der Waals surface area contributed by atoms with E-state index in [2.05, 4.69) is 34.6 Å².